The van der Waals surface area contributed by atoms with Crippen molar-refractivity contribution < 1.29 is 15.2 Å². The van der Waals surface area contributed by atoms with E-state index in [4.69, 9.17) is 0 Å². The molecule has 1 saturated heterocycles. The van der Waals surface area contributed by atoms with Crippen molar-refractivity contribution >= 4 is 22.9 Å². The average molecular weight is 542 g/mol. The lowest BCUT2D eigenvalue weighted by molar-refractivity contribution is -0.991. The number of hydrogen-bond donors (Lipinski definition) is 3. The number of benzene rings is 1. The van der Waals surface area contributed by atoms with Gasteiger partial charge in [-0.1, -0.05) is 12.1 Å². The van der Waals surface area contributed by atoms with Crippen LogP contribution in [-0.2, 0) is 24.2 Å². The summed E-state index contributed by atoms with van der Waals surface area (Å²) in [7, 11) is 0. The molecule has 3 aliphatic rings. The Morgan fingerprint density at radius 1 is 1.12 bits per heavy atom. The van der Waals surface area contributed by atoms with Gasteiger partial charge in [0.05, 0.1) is 5.92 Å². The van der Waals surface area contributed by atoms with Crippen LogP contribution < -0.4 is 21.0 Å². The van der Waals surface area contributed by atoms with Gasteiger partial charge in [0, 0.05) is 73.8 Å². The van der Waals surface area contributed by atoms with Crippen molar-refractivity contribution in [2.45, 2.75) is 44.2 Å². The van der Waals surface area contributed by atoms with Crippen molar-refractivity contribution in [3.8, 4) is 0 Å². The first-order valence-corrected chi connectivity index (χ1v) is 13.9. The van der Waals surface area contributed by atoms with Gasteiger partial charge in [0.1, 0.15) is 5.82 Å². The topological polar surface area (TPSA) is 132 Å². The smallest absolute Gasteiger partial charge is 0.250 e. The minimum absolute atomic E-state index is 0.00460. The maximum Gasteiger partial charge on any atom is 0.250 e. The fraction of sp³-hybridized carbons (Fsp3) is 0.379. The van der Waals surface area contributed by atoms with Gasteiger partial charge in [0.2, 0.25) is 5.91 Å². The quantitative estimate of drug-likeness (QED) is 0.247. The number of carbonyl (C=O) groups excluding carboxylic acids is 1. The summed E-state index contributed by atoms with van der Waals surface area (Å²) in [6.45, 7) is 1.77. The van der Waals surface area contributed by atoms with Crippen LogP contribution in [-0.4, -0.2) is 49.4 Å². The van der Waals surface area contributed by atoms with Gasteiger partial charge in [-0.05, 0) is 55.0 Å². The van der Waals surface area contributed by atoms with Crippen LogP contribution >= 0.6 is 0 Å². The summed E-state index contributed by atoms with van der Waals surface area (Å²) < 4.78 is 3.84. The molecule has 6 heterocycles. The molecular weight excluding hydrogens is 510 g/mol. The molecule has 5 unspecified atom stereocenters. The van der Waals surface area contributed by atoms with E-state index in [9.17, 15) is 20.0 Å². The number of carbonyl (C=O) groups is 1. The molecule has 3 aliphatic heterocycles. The van der Waals surface area contributed by atoms with Crippen LogP contribution in [0.25, 0.3) is 5.65 Å². The Kier molecular flexibility index (Phi) is 6.14. The monoisotopic (exact) mass is 541 g/mol. The van der Waals surface area contributed by atoms with Gasteiger partial charge < -0.3 is 20.0 Å². The molecule has 0 radical (unpaired) electrons. The molecular formula is C29H31N7O4. The number of nitrogens with zero attached hydrogens (tertiary/aromatic N) is 5. The third kappa shape index (κ3) is 4.17. The molecule has 11 nitrogen and oxygen atoms in total. The standard InChI is InChI=1S/C29H31N7O4/c37-27-8-3-5-23-19-13-20(17-34(23)27)28-22(15-18-14-21(36(39)40)9-10-24(18)35(28)16-19)29(38)30-11-4-7-26-32-31-25-6-1-2-12-33(25)26/h1-3,5-6,8-10,12,14,19-20,22,28,36,39H,4,7,11,13,15-17H2,(H,30,38). The first kappa shape index (κ1) is 24.9. The molecule has 0 saturated carbocycles. The van der Waals surface area contributed by atoms with E-state index in [0.29, 0.717) is 32.5 Å². The largest absolute Gasteiger partial charge is 0.595 e. The molecule has 11 heteroatoms. The Labute approximate surface area is 230 Å². The van der Waals surface area contributed by atoms with Crippen LogP contribution in [0.5, 0.6) is 0 Å². The third-order valence-electron chi connectivity index (χ3n) is 8.85. The molecule has 40 heavy (non-hydrogen) atoms. The summed E-state index contributed by atoms with van der Waals surface area (Å²) >= 11 is 0. The van der Waals surface area contributed by atoms with E-state index in [1.54, 1.807) is 18.2 Å². The highest BCUT2D eigenvalue weighted by atomic mass is 16.8. The zero-order valence-corrected chi connectivity index (χ0v) is 21.9. The van der Waals surface area contributed by atoms with Gasteiger partial charge in [-0.25, -0.2) is 5.21 Å². The van der Waals surface area contributed by atoms with E-state index >= 15 is 0 Å². The average Bonchev–Trinajstić information content (AvgIpc) is 3.38. The molecule has 2 bridgehead atoms. The molecule has 0 aliphatic carbocycles. The molecule has 1 amide bonds. The van der Waals surface area contributed by atoms with Crippen LogP contribution in [0.3, 0.4) is 0 Å². The fourth-order valence-corrected chi connectivity index (χ4v) is 7.14. The second-order valence-corrected chi connectivity index (χ2v) is 11.1. The zero-order chi connectivity index (χ0) is 27.4. The maximum absolute atomic E-state index is 13.8. The number of piperidine rings is 1. The number of pyridine rings is 2. The van der Waals surface area contributed by atoms with Crippen molar-refractivity contribution in [2.75, 3.05) is 18.0 Å². The predicted octanol–water partition coefficient (Wildman–Crippen LogP) is 1.21. The Bertz CT molecular complexity index is 1650. The summed E-state index contributed by atoms with van der Waals surface area (Å²) in [5, 5.41) is 32.0. The Morgan fingerprint density at radius 2 is 2.02 bits per heavy atom. The highest BCUT2D eigenvalue weighted by molar-refractivity contribution is 5.82. The number of rotatable bonds is 6. The Balaban J connectivity index is 1.14. The highest BCUT2D eigenvalue weighted by Crippen LogP contribution is 2.47. The minimum atomic E-state index is -0.976. The van der Waals surface area contributed by atoms with E-state index in [1.165, 1.54) is 0 Å². The van der Waals surface area contributed by atoms with E-state index in [0.717, 1.165) is 41.3 Å². The Hall–Kier alpha value is -4.06. The number of nitrogens with one attached hydrogen (secondary N) is 2. The molecule has 3 N–H and O–H groups in total. The minimum Gasteiger partial charge on any atom is -0.595 e. The number of fused-ring (bicyclic) bond motifs is 9. The van der Waals surface area contributed by atoms with Gasteiger partial charge in [-0.3, -0.25) is 14.0 Å². The number of amides is 1. The van der Waals surface area contributed by atoms with Gasteiger partial charge >= 0.3 is 0 Å². The number of hydrogen-bond acceptors (Lipinski definition) is 7. The predicted molar refractivity (Wildman–Crippen MR) is 146 cm³/mol. The zero-order valence-electron chi connectivity index (χ0n) is 21.9. The van der Waals surface area contributed by atoms with Crippen molar-refractivity contribution in [1.82, 2.24) is 24.5 Å². The fourth-order valence-electron chi connectivity index (χ4n) is 7.14. The molecule has 1 aromatic carbocycles. The molecule has 206 valence electrons. The number of aromatic nitrogens is 4. The SMILES string of the molecule is O=C(NCCCc1nnc2ccccn12)C1Cc2cc([NH+]([O-])O)ccc2N2CC3CC(Cn4c3cccc4=O)C12. The Morgan fingerprint density at radius 3 is 2.90 bits per heavy atom. The molecule has 4 aromatic rings. The number of quaternary nitrogens is 1. The summed E-state index contributed by atoms with van der Waals surface area (Å²) in [4.78, 5) is 28.8. The van der Waals surface area contributed by atoms with Crippen LogP contribution in [0.4, 0.5) is 11.4 Å². The summed E-state index contributed by atoms with van der Waals surface area (Å²) in [6.07, 6.45) is 4.73. The summed E-state index contributed by atoms with van der Waals surface area (Å²) in [6, 6.07) is 16.4. The lowest BCUT2D eigenvalue weighted by Crippen LogP contribution is -2.99. The first-order chi connectivity index (χ1) is 19.5. The van der Waals surface area contributed by atoms with Crippen LogP contribution in [0.1, 0.15) is 35.8 Å². The summed E-state index contributed by atoms with van der Waals surface area (Å²) in [5.74, 6) is 0.787. The molecule has 3 aromatic heterocycles. The van der Waals surface area contributed by atoms with E-state index in [-0.39, 0.29) is 40.9 Å². The molecule has 5 atom stereocenters. The van der Waals surface area contributed by atoms with Crippen LogP contribution in [0.15, 0.2) is 65.6 Å². The van der Waals surface area contributed by atoms with E-state index in [1.807, 2.05) is 51.6 Å². The van der Waals surface area contributed by atoms with E-state index < -0.39 is 5.23 Å². The van der Waals surface area contributed by atoms with Gasteiger partial charge in [0.15, 0.2) is 11.3 Å². The second kappa shape index (κ2) is 9.84. The second-order valence-electron chi connectivity index (χ2n) is 11.1. The lowest BCUT2D eigenvalue weighted by Gasteiger charge is -2.54. The van der Waals surface area contributed by atoms with Crippen molar-refractivity contribution in [2.24, 2.45) is 11.8 Å². The van der Waals surface area contributed by atoms with Crippen molar-refractivity contribution in [3.63, 3.8) is 0 Å². The third-order valence-corrected chi connectivity index (χ3v) is 8.85. The molecule has 0 spiro atoms. The van der Waals surface area contributed by atoms with E-state index in [2.05, 4.69) is 20.4 Å². The molecule has 1 fully saturated rings. The van der Waals surface area contributed by atoms with Gasteiger partial charge in [-0.15, -0.1) is 10.2 Å². The van der Waals surface area contributed by atoms with Crippen LogP contribution in [0.2, 0.25) is 0 Å². The van der Waals surface area contributed by atoms with Crippen molar-refractivity contribution in [3.05, 3.63) is 93.4 Å². The van der Waals surface area contributed by atoms with Gasteiger partial charge in [-0.2, -0.15) is 5.23 Å². The number of aryl methyl sites for hydroxylation is 1. The highest BCUT2D eigenvalue weighted by Gasteiger charge is 2.49. The summed E-state index contributed by atoms with van der Waals surface area (Å²) in [5.41, 5.74) is 3.96. The normalized spacial score (nSPS) is 23.7. The van der Waals surface area contributed by atoms with Crippen molar-refractivity contribution in [1.29, 1.82) is 0 Å². The molecule has 7 rings (SSSR count). The lowest BCUT2D eigenvalue weighted by atomic mass is 9.70. The van der Waals surface area contributed by atoms with Crippen LogP contribution in [0, 0.1) is 17.0 Å². The maximum atomic E-state index is 13.8. The first-order valence-electron chi connectivity index (χ1n) is 13.9. The number of anilines is 1. The van der Waals surface area contributed by atoms with Gasteiger partial charge in [0.25, 0.3) is 5.56 Å².